The zero-order chi connectivity index (χ0) is 15.2. The Bertz CT molecular complexity index is 487. The largest absolute Gasteiger partial charge is 0.507 e. The first-order valence-electron chi connectivity index (χ1n) is 6.71. The van der Waals surface area contributed by atoms with Gasteiger partial charge in [0, 0.05) is 12.1 Å². The van der Waals surface area contributed by atoms with Crippen LogP contribution in [0.2, 0.25) is 0 Å². The van der Waals surface area contributed by atoms with Gasteiger partial charge in [-0.3, -0.25) is 0 Å². The van der Waals surface area contributed by atoms with Gasteiger partial charge in [0.1, 0.15) is 11.4 Å². The molecular formula is C16H23NO3. The van der Waals surface area contributed by atoms with Gasteiger partial charge in [-0.15, -0.1) is 0 Å². The fourth-order valence-electron chi connectivity index (χ4n) is 1.58. The maximum absolute atomic E-state index is 11.4. The second kappa shape index (κ2) is 6.98. The Labute approximate surface area is 120 Å². The number of ether oxygens (including phenoxy) is 1. The number of phenolic OH excluding ortho intramolecular Hbond substituents is 1. The van der Waals surface area contributed by atoms with Gasteiger partial charge in [-0.2, -0.15) is 0 Å². The minimum atomic E-state index is -0.479. The third-order valence-electron chi connectivity index (χ3n) is 2.46. The van der Waals surface area contributed by atoms with Crippen LogP contribution in [0.5, 0.6) is 5.75 Å². The minimum absolute atomic E-state index is 0.265. The average Bonchev–Trinajstić information content (AvgIpc) is 2.28. The molecule has 110 valence electrons. The molecule has 20 heavy (non-hydrogen) atoms. The molecule has 0 saturated heterocycles. The van der Waals surface area contributed by atoms with Crippen molar-refractivity contribution in [2.24, 2.45) is 0 Å². The van der Waals surface area contributed by atoms with Gasteiger partial charge in [0.15, 0.2) is 0 Å². The average molecular weight is 277 g/mol. The maximum Gasteiger partial charge on any atom is 0.407 e. The Balaban J connectivity index is 2.34. The Kier molecular flexibility index (Phi) is 5.62. The molecule has 0 atom stereocenters. The maximum atomic E-state index is 11.4. The molecular weight excluding hydrogens is 254 g/mol. The van der Waals surface area contributed by atoms with Gasteiger partial charge in [0.05, 0.1) is 0 Å². The number of hydrogen-bond acceptors (Lipinski definition) is 3. The van der Waals surface area contributed by atoms with E-state index in [1.807, 2.05) is 52.0 Å². The normalized spacial score (nSPS) is 11.6. The Hall–Kier alpha value is -1.97. The summed E-state index contributed by atoms with van der Waals surface area (Å²) in [5, 5.41) is 12.4. The molecule has 0 aliphatic rings. The van der Waals surface area contributed by atoms with Gasteiger partial charge in [-0.1, -0.05) is 24.3 Å². The number of carbonyl (C=O) groups is 1. The van der Waals surface area contributed by atoms with E-state index in [1.165, 1.54) is 0 Å². The van der Waals surface area contributed by atoms with Crippen LogP contribution in [0.15, 0.2) is 24.3 Å². The molecule has 0 aliphatic heterocycles. The zero-order valence-electron chi connectivity index (χ0n) is 12.6. The fraction of sp³-hybridized carbons (Fsp3) is 0.438. The lowest BCUT2D eigenvalue weighted by Gasteiger charge is -2.19. The Morgan fingerprint density at radius 1 is 1.40 bits per heavy atom. The number of aromatic hydroxyl groups is 1. The highest BCUT2D eigenvalue weighted by atomic mass is 16.6. The summed E-state index contributed by atoms with van der Waals surface area (Å²) >= 11 is 0. The number of alkyl carbamates (subject to hydrolysis) is 1. The van der Waals surface area contributed by atoms with Crippen LogP contribution in [0.1, 0.15) is 38.3 Å². The van der Waals surface area contributed by atoms with Crippen molar-refractivity contribution in [2.75, 3.05) is 6.54 Å². The predicted octanol–water partition coefficient (Wildman–Crippen LogP) is 3.63. The summed E-state index contributed by atoms with van der Waals surface area (Å²) in [6.45, 7) is 7.90. The van der Waals surface area contributed by atoms with E-state index in [0.29, 0.717) is 13.0 Å². The van der Waals surface area contributed by atoms with Crippen LogP contribution in [0.25, 0.3) is 6.08 Å². The van der Waals surface area contributed by atoms with Crippen molar-refractivity contribution in [3.05, 3.63) is 35.4 Å². The van der Waals surface area contributed by atoms with Crippen molar-refractivity contribution < 1.29 is 14.6 Å². The molecule has 1 aromatic rings. The SMILES string of the molecule is Cc1ccc(C=CCCNC(=O)OC(C)(C)C)c(O)c1. The lowest BCUT2D eigenvalue weighted by atomic mass is 10.1. The molecule has 1 aromatic carbocycles. The molecule has 0 spiro atoms. The molecule has 0 fully saturated rings. The molecule has 1 rings (SSSR count). The van der Waals surface area contributed by atoms with Gasteiger partial charge in [0.25, 0.3) is 0 Å². The summed E-state index contributed by atoms with van der Waals surface area (Å²) in [6.07, 6.45) is 4.00. The first-order valence-corrected chi connectivity index (χ1v) is 6.71. The Morgan fingerprint density at radius 2 is 2.10 bits per heavy atom. The van der Waals surface area contributed by atoms with Crippen LogP contribution in [0, 0.1) is 6.92 Å². The second-order valence-electron chi connectivity index (χ2n) is 5.68. The molecule has 0 aromatic heterocycles. The van der Waals surface area contributed by atoms with Crippen molar-refractivity contribution in [3.8, 4) is 5.75 Å². The van der Waals surface area contributed by atoms with Crippen LogP contribution in [-0.4, -0.2) is 23.3 Å². The number of nitrogens with one attached hydrogen (secondary N) is 1. The fourth-order valence-corrected chi connectivity index (χ4v) is 1.58. The number of carbonyl (C=O) groups excluding carboxylic acids is 1. The number of benzene rings is 1. The highest BCUT2D eigenvalue weighted by Gasteiger charge is 2.15. The standard InChI is InChI=1S/C16H23NO3/c1-12-8-9-13(14(18)11-12)7-5-6-10-17-15(19)20-16(2,3)4/h5,7-9,11,18H,6,10H2,1-4H3,(H,17,19). The molecule has 4 heteroatoms. The number of phenols is 1. The van der Waals surface area contributed by atoms with Gasteiger partial charge < -0.3 is 15.2 Å². The molecule has 0 saturated carbocycles. The lowest BCUT2D eigenvalue weighted by Crippen LogP contribution is -2.32. The molecule has 1 amide bonds. The van der Waals surface area contributed by atoms with Gasteiger partial charge in [-0.25, -0.2) is 4.79 Å². The van der Waals surface area contributed by atoms with Crippen molar-refractivity contribution in [2.45, 2.75) is 39.7 Å². The number of rotatable bonds is 4. The van der Waals surface area contributed by atoms with E-state index in [1.54, 1.807) is 6.07 Å². The van der Waals surface area contributed by atoms with Crippen LogP contribution < -0.4 is 5.32 Å². The van der Waals surface area contributed by atoms with E-state index >= 15 is 0 Å². The van der Waals surface area contributed by atoms with Crippen molar-refractivity contribution in [1.29, 1.82) is 0 Å². The van der Waals surface area contributed by atoms with E-state index in [9.17, 15) is 9.90 Å². The number of hydrogen-bond donors (Lipinski definition) is 2. The van der Waals surface area contributed by atoms with Gasteiger partial charge >= 0.3 is 6.09 Å². The summed E-state index contributed by atoms with van der Waals surface area (Å²) in [5.74, 6) is 0.265. The third kappa shape index (κ3) is 6.27. The predicted molar refractivity (Wildman–Crippen MR) is 80.7 cm³/mol. The minimum Gasteiger partial charge on any atom is -0.507 e. The summed E-state index contributed by atoms with van der Waals surface area (Å²) < 4.78 is 5.12. The first-order chi connectivity index (χ1) is 9.28. The number of amides is 1. The van der Waals surface area contributed by atoms with Crippen LogP contribution >= 0.6 is 0 Å². The molecule has 0 radical (unpaired) electrons. The topological polar surface area (TPSA) is 58.6 Å². The lowest BCUT2D eigenvalue weighted by molar-refractivity contribution is 0.0529. The van der Waals surface area contributed by atoms with Crippen molar-refractivity contribution >= 4 is 12.2 Å². The second-order valence-corrected chi connectivity index (χ2v) is 5.68. The molecule has 0 bridgehead atoms. The summed E-state index contributed by atoms with van der Waals surface area (Å²) in [7, 11) is 0. The Morgan fingerprint density at radius 3 is 2.70 bits per heavy atom. The van der Waals surface area contributed by atoms with E-state index in [0.717, 1.165) is 11.1 Å². The quantitative estimate of drug-likeness (QED) is 0.826. The van der Waals surface area contributed by atoms with Crippen molar-refractivity contribution in [3.63, 3.8) is 0 Å². The molecule has 0 aliphatic carbocycles. The summed E-state index contributed by atoms with van der Waals surface area (Å²) in [6, 6.07) is 5.53. The van der Waals surface area contributed by atoms with Gasteiger partial charge in [-0.05, 0) is 45.7 Å². The molecule has 0 heterocycles. The highest BCUT2D eigenvalue weighted by molar-refractivity contribution is 5.67. The zero-order valence-corrected chi connectivity index (χ0v) is 12.6. The summed E-state index contributed by atoms with van der Waals surface area (Å²) in [5.41, 5.74) is 1.31. The van der Waals surface area contributed by atoms with Gasteiger partial charge in [0.2, 0.25) is 0 Å². The molecule has 0 unspecified atom stereocenters. The van der Waals surface area contributed by atoms with E-state index in [-0.39, 0.29) is 5.75 Å². The molecule has 2 N–H and O–H groups in total. The van der Waals surface area contributed by atoms with Crippen LogP contribution in [0.4, 0.5) is 4.79 Å². The summed E-state index contributed by atoms with van der Waals surface area (Å²) in [4.78, 5) is 11.4. The smallest absolute Gasteiger partial charge is 0.407 e. The highest BCUT2D eigenvalue weighted by Crippen LogP contribution is 2.19. The third-order valence-corrected chi connectivity index (χ3v) is 2.46. The van der Waals surface area contributed by atoms with Crippen LogP contribution in [0.3, 0.4) is 0 Å². The number of aryl methyl sites for hydroxylation is 1. The van der Waals surface area contributed by atoms with Crippen molar-refractivity contribution in [1.82, 2.24) is 5.32 Å². The molecule has 4 nitrogen and oxygen atoms in total. The first kappa shape index (κ1) is 16.1. The van der Waals surface area contributed by atoms with E-state index < -0.39 is 11.7 Å². The van der Waals surface area contributed by atoms with Crippen LogP contribution in [-0.2, 0) is 4.74 Å². The van der Waals surface area contributed by atoms with E-state index in [2.05, 4.69) is 5.32 Å². The van der Waals surface area contributed by atoms with E-state index in [4.69, 9.17) is 4.74 Å². The monoisotopic (exact) mass is 277 g/mol.